The zero-order valence-corrected chi connectivity index (χ0v) is 17.7. The molecule has 1 saturated carbocycles. The van der Waals surface area contributed by atoms with Crippen molar-refractivity contribution in [3.8, 4) is 0 Å². The molecular formula is C23H38N4O. The van der Waals surface area contributed by atoms with E-state index in [1.165, 1.54) is 89.7 Å². The van der Waals surface area contributed by atoms with Crippen molar-refractivity contribution in [3.63, 3.8) is 0 Å². The van der Waals surface area contributed by atoms with Gasteiger partial charge < -0.3 is 9.64 Å². The molecule has 0 bridgehead atoms. The highest BCUT2D eigenvalue weighted by Gasteiger charge is 2.41. The second-order valence-corrected chi connectivity index (χ2v) is 9.55. The summed E-state index contributed by atoms with van der Waals surface area (Å²) >= 11 is 0. The maximum atomic E-state index is 5.11. The lowest BCUT2D eigenvalue weighted by Gasteiger charge is -2.42. The van der Waals surface area contributed by atoms with Crippen LogP contribution in [0.15, 0.2) is 12.4 Å². The monoisotopic (exact) mass is 386 g/mol. The Morgan fingerprint density at radius 2 is 1.79 bits per heavy atom. The fourth-order valence-electron chi connectivity index (χ4n) is 5.74. The minimum Gasteiger partial charge on any atom is -0.384 e. The number of piperidine rings is 1. The Morgan fingerprint density at radius 1 is 1.00 bits per heavy atom. The van der Waals surface area contributed by atoms with Gasteiger partial charge in [0.1, 0.15) is 5.82 Å². The van der Waals surface area contributed by atoms with E-state index in [1.54, 1.807) is 7.11 Å². The van der Waals surface area contributed by atoms with E-state index < -0.39 is 0 Å². The molecule has 3 aliphatic rings. The van der Waals surface area contributed by atoms with Crippen LogP contribution in [0.2, 0.25) is 0 Å². The zero-order valence-electron chi connectivity index (χ0n) is 17.7. The molecule has 1 unspecified atom stereocenters. The molecule has 1 aliphatic carbocycles. The molecule has 0 aromatic carbocycles. The van der Waals surface area contributed by atoms with E-state index in [4.69, 9.17) is 4.74 Å². The van der Waals surface area contributed by atoms with Crippen molar-refractivity contribution in [1.82, 2.24) is 19.8 Å². The number of rotatable bonds is 7. The smallest absolute Gasteiger partial charge is 0.130 e. The first-order valence-corrected chi connectivity index (χ1v) is 11.5. The normalized spacial score (nSPS) is 27.6. The molecule has 2 aliphatic heterocycles. The highest BCUT2D eigenvalue weighted by molar-refractivity contribution is 5.07. The number of aromatic nitrogens is 2. The van der Waals surface area contributed by atoms with Gasteiger partial charge in [-0.3, -0.25) is 4.90 Å². The number of methoxy groups -OCH3 is 1. The highest BCUT2D eigenvalue weighted by Crippen LogP contribution is 2.40. The van der Waals surface area contributed by atoms with Crippen LogP contribution in [-0.4, -0.2) is 66.2 Å². The zero-order chi connectivity index (χ0) is 19.2. The summed E-state index contributed by atoms with van der Waals surface area (Å²) in [6.07, 6.45) is 16.3. The molecule has 0 N–H and O–H groups in total. The summed E-state index contributed by atoms with van der Waals surface area (Å²) in [6.45, 7) is 8.17. The third kappa shape index (κ3) is 5.31. The molecule has 1 aromatic heterocycles. The minimum absolute atomic E-state index is 0.534. The van der Waals surface area contributed by atoms with Crippen LogP contribution < -0.4 is 0 Å². The summed E-state index contributed by atoms with van der Waals surface area (Å²) in [5, 5.41) is 0. The molecule has 1 atom stereocenters. The van der Waals surface area contributed by atoms with Gasteiger partial charge >= 0.3 is 0 Å². The van der Waals surface area contributed by atoms with Crippen molar-refractivity contribution >= 4 is 0 Å². The summed E-state index contributed by atoms with van der Waals surface area (Å²) in [6, 6.07) is 0. The highest BCUT2D eigenvalue weighted by atomic mass is 16.5. The third-order valence-electron chi connectivity index (χ3n) is 7.19. The minimum atomic E-state index is 0.534. The maximum absolute atomic E-state index is 5.11. The Hall–Kier alpha value is -1.04. The molecule has 0 radical (unpaired) electrons. The standard InChI is InChI=1S/C23H38N4O/c1-28-13-8-22-24-14-21(15-25-22)17-27-12-10-23(19-27)9-5-11-26(18-23)16-20-6-3-2-4-7-20/h14-15,20H,2-13,16-19H2,1H3. The second-order valence-electron chi connectivity index (χ2n) is 9.55. The predicted molar refractivity (Wildman–Crippen MR) is 112 cm³/mol. The average molecular weight is 387 g/mol. The Morgan fingerprint density at radius 3 is 2.57 bits per heavy atom. The Kier molecular flexibility index (Phi) is 6.97. The van der Waals surface area contributed by atoms with Gasteiger partial charge in [-0.05, 0) is 56.5 Å². The van der Waals surface area contributed by atoms with Crippen LogP contribution in [0, 0.1) is 11.3 Å². The van der Waals surface area contributed by atoms with E-state index in [9.17, 15) is 0 Å². The van der Waals surface area contributed by atoms with Gasteiger partial charge in [-0.1, -0.05) is 19.3 Å². The van der Waals surface area contributed by atoms with Crippen LogP contribution in [0.3, 0.4) is 0 Å². The lowest BCUT2D eigenvalue weighted by Crippen LogP contribution is -2.46. The van der Waals surface area contributed by atoms with E-state index >= 15 is 0 Å². The summed E-state index contributed by atoms with van der Waals surface area (Å²) in [4.78, 5) is 14.5. The lowest BCUT2D eigenvalue weighted by atomic mass is 9.78. The van der Waals surface area contributed by atoms with Crippen molar-refractivity contribution in [3.05, 3.63) is 23.8 Å². The van der Waals surface area contributed by atoms with Crippen LogP contribution in [-0.2, 0) is 17.7 Å². The van der Waals surface area contributed by atoms with E-state index in [0.29, 0.717) is 12.0 Å². The van der Waals surface area contributed by atoms with E-state index in [0.717, 1.165) is 24.7 Å². The average Bonchev–Trinajstić information content (AvgIpc) is 3.09. The molecule has 5 heteroatoms. The quantitative estimate of drug-likeness (QED) is 0.717. The number of hydrogen-bond acceptors (Lipinski definition) is 5. The number of nitrogens with zero attached hydrogens (tertiary/aromatic N) is 4. The maximum Gasteiger partial charge on any atom is 0.130 e. The van der Waals surface area contributed by atoms with E-state index in [1.807, 2.05) is 12.4 Å². The van der Waals surface area contributed by atoms with Crippen LogP contribution in [0.4, 0.5) is 0 Å². The second kappa shape index (κ2) is 9.64. The lowest BCUT2D eigenvalue weighted by molar-refractivity contribution is 0.0737. The summed E-state index contributed by atoms with van der Waals surface area (Å²) in [5.41, 5.74) is 1.78. The van der Waals surface area contributed by atoms with Crippen molar-refractivity contribution < 1.29 is 4.74 Å². The fraction of sp³-hybridized carbons (Fsp3) is 0.826. The van der Waals surface area contributed by atoms with Gasteiger partial charge in [0.05, 0.1) is 6.61 Å². The molecule has 0 amide bonds. The molecule has 3 fully saturated rings. The first-order valence-electron chi connectivity index (χ1n) is 11.5. The van der Waals surface area contributed by atoms with Crippen molar-refractivity contribution in [1.29, 1.82) is 0 Å². The van der Waals surface area contributed by atoms with E-state index in [2.05, 4.69) is 19.8 Å². The van der Waals surface area contributed by atoms with Gasteiger partial charge in [-0.15, -0.1) is 0 Å². The van der Waals surface area contributed by atoms with Crippen LogP contribution in [0.1, 0.15) is 62.8 Å². The molecule has 156 valence electrons. The SMILES string of the molecule is COCCc1ncc(CN2CCC3(CCCN(CC4CCCCC4)C3)C2)cn1. The largest absolute Gasteiger partial charge is 0.384 e. The first kappa shape index (κ1) is 20.2. The fourth-order valence-corrected chi connectivity index (χ4v) is 5.74. The number of likely N-dealkylation sites (tertiary alicyclic amines) is 2. The van der Waals surface area contributed by atoms with Gasteiger partial charge in [-0.2, -0.15) is 0 Å². The molecule has 1 aromatic rings. The van der Waals surface area contributed by atoms with Crippen molar-refractivity contribution in [2.45, 2.75) is 64.3 Å². The van der Waals surface area contributed by atoms with Crippen LogP contribution in [0.5, 0.6) is 0 Å². The van der Waals surface area contributed by atoms with Gasteiger partial charge in [0, 0.05) is 57.7 Å². The summed E-state index contributed by atoms with van der Waals surface area (Å²) in [5.74, 6) is 1.85. The van der Waals surface area contributed by atoms with Crippen molar-refractivity contribution in [2.24, 2.45) is 11.3 Å². The Balaban J connectivity index is 1.27. The molecule has 1 spiro atoms. The molecule has 5 nitrogen and oxygen atoms in total. The summed E-state index contributed by atoms with van der Waals surface area (Å²) in [7, 11) is 1.72. The first-order chi connectivity index (χ1) is 13.7. The van der Waals surface area contributed by atoms with Gasteiger partial charge in [-0.25, -0.2) is 9.97 Å². The van der Waals surface area contributed by atoms with Gasteiger partial charge in [0.25, 0.3) is 0 Å². The molecule has 4 rings (SSSR count). The molecule has 2 saturated heterocycles. The third-order valence-corrected chi connectivity index (χ3v) is 7.19. The summed E-state index contributed by atoms with van der Waals surface area (Å²) < 4.78 is 5.11. The topological polar surface area (TPSA) is 41.5 Å². The van der Waals surface area contributed by atoms with E-state index in [-0.39, 0.29) is 0 Å². The number of ether oxygens (including phenoxy) is 1. The predicted octanol–water partition coefficient (Wildman–Crippen LogP) is 3.53. The van der Waals surface area contributed by atoms with Crippen LogP contribution >= 0.6 is 0 Å². The Labute approximate surface area is 170 Å². The van der Waals surface area contributed by atoms with Crippen molar-refractivity contribution in [2.75, 3.05) is 46.4 Å². The molecular weight excluding hydrogens is 348 g/mol. The molecule has 3 heterocycles. The number of hydrogen-bond donors (Lipinski definition) is 0. The van der Waals surface area contributed by atoms with Crippen LogP contribution in [0.25, 0.3) is 0 Å². The van der Waals surface area contributed by atoms with Gasteiger partial charge in [0.15, 0.2) is 0 Å². The molecule has 28 heavy (non-hydrogen) atoms. The van der Waals surface area contributed by atoms with Gasteiger partial charge in [0.2, 0.25) is 0 Å². The Bertz CT molecular complexity index is 601.